The molecule has 15 heteroatoms. The molecule has 2 aromatic carbocycles. The van der Waals surface area contributed by atoms with E-state index < -0.39 is 53.3 Å². The number of hydrogen-bond donors (Lipinski definition) is 3. The molecule has 2 unspecified atom stereocenters. The molecule has 234 valence electrons. The van der Waals surface area contributed by atoms with E-state index in [9.17, 15) is 33.9 Å². The van der Waals surface area contributed by atoms with Gasteiger partial charge >= 0.3 is 24.0 Å². The second kappa shape index (κ2) is 13.2. The van der Waals surface area contributed by atoms with Crippen LogP contribution in [0.2, 0.25) is 0 Å². The molecule has 2 saturated heterocycles. The van der Waals surface area contributed by atoms with E-state index >= 15 is 0 Å². The van der Waals surface area contributed by atoms with E-state index in [4.69, 9.17) is 4.74 Å². The van der Waals surface area contributed by atoms with E-state index in [2.05, 4.69) is 15.7 Å². The van der Waals surface area contributed by atoms with E-state index in [0.717, 1.165) is 25.9 Å². The predicted molar refractivity (Wildman–Crippen MR) is 162 cm³/mol. The molecule has 5 rings (SSSR count). The minimum atomic E-state index is -1.36. The zero-order chi connectivity index (χ0) is 32.2. The van der Waals surface area contributed by atoms with Gasteiger partial charge < -0.3 is 20.5 Å². The molecule has 3 aliphatic heterocycles. The Labute approximate surface area is 262 Å². The summed E-state index contributed by atoms with van der Waals surface area (Å²) in [6.07, 6.45) is 1.53. The van der Waals surface area contributed by atoms with Gasteiger partial charge in [-0.05, 0) is 18.1 Å². The molecule has 0 radical (unpaired) electrons. The average Bonchev–Trinajstić information content (AvgIpc) is 3.39. The van der Waals surface area contributed by atoms with Gasteiger partial charge in [0.05, 0.1) is 19.3 Å². The van der Waals surface area contributed by atoms with Gasteiger partial charge in [0.15, 0.2) is 0 Å². The Kier molecular flexibility index (Phi) is 9.18. The SMILES string of the molecule is CC(=O)OCC1=C(C(=O)O)N2C(=O)C(NC(=O)C(NC(=O)N3CCN(N=Cc4cccc(C)c4)C3=O)c3ccccc3)[C@@H]2SC1. The molecule has 0 saturated carbocycles. The average molecular weight is 635 g/mol. The number of carboxylic acid groups (broad SMARTS) is 1. The first-order valence-corrected chi connectivity index (χ1v) is 15.0. The number of aryl methyl sites for hydroxylation is 1. The number of benzene rings is 2. The number of nitrogens with zero attached hydrogens (tertiary/aromatic N) is 4. The number of β-lactam (4-membered cyclic amide) rings is 1. The molecule has 3 heterocycles. The predicted octanol–water partition coefficient (Wildman–Crippen LogP) is 1.82. The van der Waals surface area contributed by atoms with Crippen LogP contribution in [0.5, 0.6) is 0 Å². The lowest BCUT2D eigenvalue weighted by atomic mass is 10.0. The standard InChI is InChI=1S/C30H30N6O8S/c1-17-7-6-8-19(13-17)14-31-35-12-11-34(30(35)43)29(42)33-22(20-9-4-3-5-10-20)25(38)32-23-26(39)36-24(28(40)41)21(15-44-18(2)37)16-45-27(23)36/h3-10,13-14,22-23,27H,11-12,15-16H2,1-2H3,(H,32,38)(H,33,42)(H,40,41)/t22?,23?,27-/m0/s1. The fourth-order valence-electron chi connectivity index (χ4n) is 5.07. The summed E-state index contributed by atoms with van der Waals surface area (Å²) in [6.45, 7) is 3.04. The molecule has 3 atom stereocenters. The molecular weight excluding hydrogens is 604 g/mol. The first kappa shape index (κ1) is 31.3. The third kappa shape index (κ3) is 6.67. The van der Waals surface area contributed by atoms with Crippen LogP contribution in [0.4, 0.5) is 9.59 Å². The summed E-state index contributed by atoms with van der Waals surface area (Å²) < 4.78 is 4.95. The normalized spacial score (nSPS) is 20.1. The maximum atomic E-state index is 13.6. The fourth-order valence-corrected chi connectivity index (χ4v) is 6.40. The number of ether oxygens (including phenoxy) is 1. The third-order valence-electron chi connectivity index (χ3n) is 7.28. The Balaban J connectivity index is 1.27. The van der Waals surface area contributed by atoms with Gasteiger partial charge in [-0.2, -0.15) is 5.10 Å². The molecule has 0 aliphatic carbocycles. The zero-order valence-electron chi connectivity index (χ0n) is 24.3. The van der Waals surface area contributed by atoms with Crippen LogP contribution >= 0.6 is 11.8 Å². The van der Waals surface area contributed by atoms with Crippen LogP contribution in [0.25, 0.3) is 0 Å². The minimum Gasteiger partial charge on any atom is -0.477 e. The van der Waals surface area contributed by atoms with Gasteiger partial charge in [0, 0.05) is 18.2 Å². The van der Waals surface area contributed by atoms with Crippen LogP contribution in [-0.4, -0.2) is 98.8 Å². The van der Waals surface area contributed by atoms with Gasteiger partial charge in [0.1, 0.15) is 29.8 Å². The molecule has 2 aromatic rings. The molecule has 0 bridgehead atoms. The van der Waals surface area contributed by atoms with Gasteiger partial charge in [0.25, 0.3) is 5.91 Å². The van der Waals surface area contributed by atoms with E-state index in [1.807, 2.05) is 31.2 Å². The number of amides is 6. The van der Waals surface area contributed by atoms with Crippen LogP contribution in [0.3, 0.4) is 0 Å². The topological polar surface area (TPSA) is 178 Å². The van der Waals surface area contributed by atoms with Crippen molar-refractivity contribution in [2.24, 2.45) is 5.10 Å². The summed E-state index contributed by atoms with van der Waals surface area (Å²) in [5.74, 6) is -3.17. The summed E-state index contributed by atoms with van der Waals surface area (Å²) in [7, 11) is 0. The highest BCUT2D eigenvalue weighted by atomic mass is 32.2. The quantitative estimate of drug-likeness (QED) is 0.211. The Morgan fingerprint density at radius 3 is 2.56 bits per heavy atom. The molecule has 6 amide bonds. The van der Waals surface area contributed by atoms with Crippen molar-refractivity contribution in [3.63, 3.8) is 0 Å². The zero-order valence-corrected chi connectivity index (χ0v) is 25.2. The van der Waals surface area contributed by atoms with E-state index in [1.54, 1.807) is 30.3 Å². The Morgan fingerprint density at radius 2 is 1.87 bits per heavy atom. The number of imide groups is 1. The molecule has 0 spiro atoms. The van der Waals surface area contributed by atoms with Crippen LogP contribution in [-0.2, 0) is 23.9 Å². The number of carbonyl (C=O) groups excluding carboxylic acids is 5. The Morgan fingerprint density at radius 1 is 1.11 bits per heavy atom. The van der Waals surface area contributed by atoms with Crippen molar-refractivity contribution in [2.75, 3.05) is 25.4 Å². The Bertz CT molecular complexity index is 1610. The van der Waals surface area contributed by atoms with Crippen LogP contribution in [0.1, 0.15) is 29.7 Å². The number of fused-ring (bicyclic) bond motifs is 1. The first-order valence-electron chi connectivity index (χ1n) is 13.9. The second-order valence-electron chi connectivity index (χ2n) is 10.4. The van der Waals surface area contributed by atoms with E-state index in [1.165, 1.54) is 24.9 Å². The molecule has 14 nitrogen and oxygen atoms in total. The van der Waals surface area contributed by atoms with Crippen molar-refractivity contribution in [3.05, 3.63) is 82.6 Å². The first-order chi connectivity index (χ1) is 21.5. The van der Waals surface area contributed by atoms with Gasteiger partial charge in [-0.3, -0.25) is 19.3 Å². The highest BCUT2D eigenvalue weighted by molar-refractivity contribution is 8.00. The summed E-state index contributed by atoms with van der Waals surface area (Å²) >= 11 is 1.21. The highest BCUT2D eigenvalue weighted by Gasteiger charge is 2.54. The summed E-state index contributed by atoms with van der Waals surface area (Å²) in [6, 6.07) is 12.0. The number of urea groups is 2. The smallest absolute Gasteiger partial charge is 0.352 e. The van der Waals surface area contributed by atoms with Crippen molar-refractivity contribution in [1.82, 2.24) is 25.4 Å². The largest absolute Gasteiger partial charge is 0.477 e. The number of esters is 1. The summed E-state index contributed by atoms with van der Waals surface area (Å²) in [5, 5.41) is 19.7. The van der Waals surface area contributed by atoms with E-state index in [0.29, 0.717) is 5.56 Å². The number of carbonyl (C=O) groups is 6. The number of hydrazone groups is 1. The fraction of sp³-hybridized carbons (Fsp3) is 0.300. The molecule has 2 fully saturated rings. The number of thioether (sulfide) groups is 1. The van der Waals surface area contributed by atoms with Crippen LogP contribution in [0.15, 0.2) is 71.0 Å². The van der Waals surface area contributed by atoms with Crippen molar-refractivity contribution < 1.29 is 38.6 Å². The number of nitrogens with one attached hydrogen (secondary N) is 2. The second-order valence-corrected chi connectivity index (χ2v) is 11.5. The minimum absolute atomic E-state index is 0.0354. The van der Waals surface area contributed by atoms with Crippen molar-refractivity contribution in [3.8, 4) is 0 Å². The van der Waals surface area contributed by atoms with Gasteiger partial charge in [-0.1, -0.05) is 60.2 Å². The third-order valence-corrected chi connectivity index (χ3v) is 8.62. The number of carboxylic acids is 1. The number of hydrogen-bond acceptors (Lipinski definition) is 9. The monoisotopic (exact) mass is 634 g/mol. The lowest BCUT2D eigenvalue weighted by molar-refractivity contribution is -0.151. The van der Waals surface area contributed by atoms with Crippen LogP contribution in [0, 0.1) is 6.92 Å². The van der Waals surface area contributed by atoms with Crippen LogP contribution < -0.4 is 10.6 Å². The van der Waals surface area contributed by atoms with Gasteiger partial charge in [-0.15, -0.1) is 11.8 Å². The summed E-state index contributed by atoms with van der Waals surface area (Å²) in [5.41, 5.74) is 2.20. The van der Waals surface area contributed by atoms with Gasteiger partial charge in [-0.25, -0.2) is 24.3 Å². The van der Waals surface area contributed by atoms with Crippen molar-refractivity contribution >= 4 is 53.8 Å². The lowest BCUT2D eigenvalue weighted by Crippen LogP contribution is -2.71. The number of aliphatic carboxylic acids is 1. The molecule has 45 heavy (non-hydrogen) atoms. The summed E-state index contributed by atoms with van der Waals surface area (Å²) in [4.78, 5) is 78.2. The molecular formula is C30H30N6O8S. The lowest BCUT2D eigenvalue weighted by Gasteiger charge is -2.49. The molecule has 3 aliphatic rings. The van der Waals surface area contributed by atoms with Gasteiger partial charge in [0.2, 0.25) is 5.91 Å². The van der Waals surface area contributed by atoms with E-state index in [-0.39, 0.29) is 36.7 Å². The maximum absolute atomic E-state index is 13.6. The van der Waals surface area contributed by atoms with Crippen molar-refractivity contribution in [2.45, 2.75) is 31.3 Å². The Hall–Kier alpha value is -5.18. The number of rotatable bonds is 9. The molecule has 0 aromatic heterocycles. The maximum Gasteiger partial charge on any atom is 0.352 e. The van der Waals surface area contributed by atoms with Crippen molar-refractivity contribution in [1.29, 1.82) is 0 Å². The molecule has 3 N–H and O–H groups in total. The highest BCUT2D eigenvalue weighted by Crippen LogP contribution is 2.40.